The highest BCUT2D eigenvalue weighted by Crippen LogP contribution is 2.28. The van der Waals surface area contributed by atoms with E-state index < -0.39 is 0 Å². The fourth-order valence-corrected chi connectivity index (χ4v) is 2.87. The third kappa shape index (κ3) is 3.14. The second-order valence-electron chi connectivity index (χ2n) is 5.29. The molecule has 0 radical (unpaired) electrons. The summed E-state index contributed by atoms with van der Waals surface area (Å²) in [5.41, 5.74) is 6.64. The molecule has 0 amide bonds. The van der Waals surface area contributed by atoms with Gasteiger partial charge in [-0.05, 0) is 26.5 Å². The van der Waals surface area contributed by atoms with E-state index in [2.05, 4.69) is 4.90 Å². The van der Waals surface area contributed by atoms with Gasteiger partial charge in [-0.25, -0.2) is 4.39 Å². The van der Waals surface area contributed by atoms with E-state index in [1.807, 2.05) is 26.1 Å². The molecule has 3 unspecified atom stereocenters. The number of nitrogens with two attached hydrogens (primary N) is 1. The maximum atomic E-state index is 13.9. The lowest BCUT2D eigenvalue weighted by Gasteiger charge is -2.36. The Morgan fingerprint density at radius 3 is 2.79 bits per heavy atom. The zero-order valence-corrected chi connectivity index (χ0v) is 11.7. The van der Waals surface area contributed by atoms with Gasteiger partial charge in [0.1, 0.15) is 5.82 Å². The number of rotatable bonds is 5. The molecule has 2 N–H and O–H groups in total. The molecule has 0 spiro atoms. The van der Waals surface area contributed by atoms with Crippen LogP contribution in [0.5, 0.6) is 0 Å². The Morgan fingerprint density at radius 1 is 1.47 bits per heavy atom. The van der Waals surface area contributed by atoms with Gasteiger partial charge in [0.05, 0.1) is 6.61 Å². The molecule has 1 aliphatic rings. The van der Waals surface area contributed by atoms with Crippen molar-refractivity contribution in [3.8, 4) is 0 Å². The molecule has 0 aliphatic carbocycles. The van der Waals surface area contributed by atoms with Crippen molar-refractivity contribution in [2.75, 3.05) is 26.8 Å². The number of halogens is 1. The van der Waals surface area contributed by atoms with Gasteiger partial charge in [0, 0.05) is 36.7 Å². The summed E-state index contributed by atoms with van der Waals surface area (Å²) < 4.78 is 19.3. The minimum absolute atomic E-state index is 0.00958. The van der Waals surface area contributed by atoms with E-state index in [0.29, 0.717) is 12.5 Å². The van der Waals surface area contributed by atoms with Gasteiger partial charge in [-0.2, -0.15) is 0 Å². The number of hydrogen-bond donors (Lipinski definition) is 1. The van der Waals surface area contributed by atoms with E-state index in [1.54, 1.807) is 6.07 Å². The minimum Gasteiger partial charge on any atom is -0.381 e. The zero-order chi connectivity index (χ0) is 13.8. The summed E-state index contributed by atoms with van der Waals surface area (Å²) in [7, 11) is 2.02. The molecule has 0 aromatic heterocycles. The van der Waals surface area contributed by atoms with E-state index in [4.69, 9.17) is 10.5 Å². The maximum Gasteiger partial charge on any atom is 0.127 e. The van der Waals surface area contributed by atoms with Crippen molar-refractivity contribution in [1.29, 1.82) is 0 Å². The van der Waals surface area contributed by atoms with Crippen LogP contribution in [0.25, 0.3) is 0 Å². The monoisotopic (exact) mass is 266 g/mol. The first-order valence-electron chi connectivity index (χ1n) is 6.89. The van der Waals surface area contributed by atoms with Crippen molar-refractivity contribution in [2.45, 2.75) is 25.4 Å². The minimum atomic E-state index is -0.153. The molecule has 19 heavy (non-hydrogen) atoms. The van der Waals surface area contributed by atoms with Crippen molar-refractivity contribution in [3.05, 3.63) is 35.6 Å². The van der Waals surface area contributed by atoms with Crippen molar-refractivity contribution in [1.82, 2.24) is 4.90 Å². The molecule has 4 heteroatoms. The molecule has 0 saturated carbocycles. The third-order valence-corrected chi connectivity index (χ3v) is 4.24. The van der Waals surface area contributed by atoms with Gasteiger partial charge in [-0.1, -0.05) is 18.2 Å². The number of ether oxygens (including phenoxy) is 1. The van der Waals surface area contributed by atoms with Crippen molar-refractivity contribution < 1.29 is 9.13 Å². The van der Waals surface area contributed by atoms with Crippen LogP contribution in [0.4, 0.5) is 4.39 Å². The molecule has 2 rings (SSSR count). The van der Waals surface area contributed by atoms with Crippen LogP contribution in [0.3, 0.4) is 0 Å². The molecule has 1 saturated heterocycles. The molecule has 1 fully saturated rings. The summed E-state index contributed by atoms with van der Waals surface area (Å²) in [4.78, 5) is 2.18. The lowest BCUT2D eigenvalue weighted by molar-refractivity contribution is 0.114. The lowest BCUT2D eigenvalue weighted by atomic mass is 9.95. The van der Waals surface area contributed by atoms with Crippen LogP contribution < -0.4 is 5.73 Å². The van der Waals surface area contributed by atoms with Crippen LogP contribution in [0.1, 0.15) is 24.9 Å². The lowest BCUT2D eigenvalue weighted by Crippen LogP contribution is -2.45. The van der Waals surface area contributed by atoms with Gasteiger partial charge >= 0.3 is 0 Å². The van der Waals surface area contributed by atoms with Gasteiger partial charge in [0.2, 0.25) is 0 Å². The summed E-state index contributed by atoms with van der Waals surface area (Å²) >= 11 is 0. The van der Waals surface area contributed by atoms with E-state index >= 15 is 0 Å². The zero-order valence-electron chi connectivity index (χ0n) is 11.7. The molecule has 3 atom stereocenters. The number of benzene rings is 1. The SMILES string of the molecule is CC(c1ccccc1F)N(C)C(CN)C1CCOC1. The average molecular weight is 266 g/mol. The Labute approximate surface area is 114 Å². The molecule has 0 bridgehead atoms. The van der Waals surface area contributed by atoms with E-state index in [9.17, 15) is 4.39 Å². The van der Waals surface area contributed by atoms with E-state index in [1.165, 1.54) is 6.07 Å². The van der Waals surface area contributed by atoms with Gasteiger partial charge in [-0.3, -0.25) is 4.90 Å². The smallest absolute Gasteiger partial charge is 0.127 e. The fourth-order valence-electron chi connectivity index (χ4n) is 2.87. The summed E-state index contributed by atoms with van der Waals surface area (Å²) in [6.07, 6.45) is 1.04. The Hall–Kier alpha value is -0.970. The Kier molecular flexibility index (Phi) is 4.91. The molecular formula is C15H23FN2O. The molecule has 1 aromatic carbocycles. The first-order valence-corrected chi connectivity index (χ1v) is 6.89. The second-order valence-corrected chi connectivity index (χ2v) is 5.29. The topological polar surface area (TPSA) is 38.5 Å². The quantitative estimate of drug-likeness (QED) is 0.888. The van der Waals surface area contributed by atoms with Crippen LogP contribution in [0.15, 0.2) is 24.3 Å². The largest absolute Gasteiger partial charge is 0.381 e. The summed E-state index contributed by atoms with van der Waals surface area (Å²) in [5.74, 6) is 0.296. The number of hydrogen-bond acceptors (Lipinski definition) is 3. The van der Waals surface area contributed by atoms with Crippen LogP contribution in [-0.2, 0) is 4.74 Å². The van der Waals surface area contributed by atoms with Crippen molar-refractivity contribution >= 4 is 0 Å². The molecule has 1 heterocycles. The Morgan fingerprint density at radius 2 is 2.21 bits per heavy atom. The van der Waals surface area contributed by atoms with Crippen molar-refractivity contribution in [2.24, 2.45) is 11.7 Å². The van der Waals surface area contributed by atoms with Gasteiger partial charge in [0.15, 0.2) is 0 Å². The van der Waals surface area contributed by atoms with E-state index in [0.717, 1.165) is 25.2 Å². The fraction of sp³-hybridized carbons (Fsp3) is 0.600. The predicted octanol–water partition coefficient (Wildman–Crippen LogP) is 2.18. The third-order valence-electron chi connectivity index (χ3n) is 4.24. The first-order chi connectivity index (χ1) is 9.15. The van der Waals surface area contributed by atoms with Crippen LogP contribution >= 0.6 is 0 Å². The van der Waals surface area contributed by atoms with Crippen LogP contribution in [0.2, 0.25) is 0 Å². The summed E-state index contributed by atoms with van der Waals surface area (Å²) in [6, 6.07) is 7.19. The normalized spacial score (nSPS) is 22.7. The molecule has 1 aliphatic heterocycles. The second kappa shape index (κ2) is 6.46. The molecule has 106 valence electrons. The van der Waals surface area contributed by atoms with Crippen molar-refractivity contribution in [3.63, 3.8) is 0 Å². The van der Waals surface area contributed by atoms with Gasteiger partial charge in [-0.15, -0.1) is 0 Å². The summed E-state index contributed by atoms with van der Waals surface area (Å²) in [5, 5.41) is 0. The average Bonchev–Trinajstić information content (AvgIpc) is 2.93. The first kappa shape index (κ1) is 14.4. The Balaban J connectivity index is 2.12. The highest BCUT2D eigenvalue weighted by molar-refractivity contribution is 5.20. The van der Waals surface area contributed by atoms with E-state index in [-0.39, 0.29) is 17.9 Å². The van der Waals surface area contributed by atoms with Crippen LogP contribution in [0, 0.1) is 11.7 Å². The van der Waals surface area contributed by atoms with Gasteiger partial charge in [0.25, 0.3) is 0 Å². The highest BCUT2D eigenvalue weighted by atomic mass is 19.1. The molecule has 1 aromatic rings. The highest BCUT2D eigenvalue weighted by Gasteiger charge is 2.30. The Bertz CT molecular complexity index is 407. The van der Waals surface area contributed by atoms with Gasteiger partial charge < -0.3 is 10.5 Å². The molecule has 3 nitrogen and oxygen atoms in total. The molecular weight excluding hydrogens is 243 g/mol. The van der Waals surface area contributed by atoms with Crippen LogP contribution in [-0.4, -0.2) is 37.7 Å². The number of likely N-dealkylation sites (N-methyl/N-ethyl adjacent to an activating group) is 1. The predicted molar refractivity (Wildman–Crippen MR) is 74.3 cm³/mol. The standard InChI is InChI=1S/C15H23FN2O/c1-11(13-5-3-4-6-14(13)16)18(2)15(9-17)12-7-8-19-10-12/h3-6,11-12,15H,7-10,17H2,1-2H3. The summed E-state index contributed by atoms with van der Waals surface area (Å²) in [6.45, 7) is 4.17. The maximum absolute atomic E-state index is 13.9. The number of nitrogens with zero attached hydrogens (tertiary/aromatic N) is 1.